The van der Waals surface area contributed by atoms with Crippen LogP contribution in [0, 0.1) is 12.7 Å². The Labute approximate surface area is 225 Å². The Kier molecular flexibility index (Phi) is 8.53. The molecular formula is C28H29ClFNO4S2. The molecule has 37 heavy (non-hydrogen) atoms. The third kappa shape index (κ3) is 6.49. The largest absolute Gasteiger partial charge is 0.358 e. The Balaban J connectivity index is 1.76. The highest BCUT2D eigenvalue weighted by atomic mass is 35.5. The van der Waals surface area contributed by atoms with E-state index in [4.69, 9.17) is 16.2 Å². The highest BCUT2D eigenvalue weighted by Gasteiger charge is 2.30. The number of Topliss-reactive ketones (excluding diaryl/α,β-unsaturated/α-hetero) is 1. The molecule has 196 valence electrons. The van der Waals surface area contributed by atoms with E-state index in [2.05, 4.69) is 11.9 Å². The van der Waals surface area contributed by atoms with Crippen LogP contribution in [0.15, 0.2) is 54.7 Å². The van der Waals surface area contributed by atoms with Gasteiger partial charge >= 0.3 is 0 Å². The maximum absolute atomic E-state index is 14.8. The van der Waals surface area contributed by atoms with E-state index in [1.165, 1.54) is 17.4 Å². The molecule has 2 N–H and O–H groups in total. The van der Waals surface area contributed by atoms with Crippen molar-refractivity contribution in [3.8, 4) is 0 Å². The number of carbonyl (C=O) groups is 1. The summed E-state index contributed by atoms with van der Waals surface area (Å²) in [4.78, 5) is 17.5. The number of aryl methyl sites for hydroxylation is 1. The van der Waals surface area contributed by atoms with Crippen molar-refractivity contribution in [2.75, 3.05) is 5.75 Å². The smallest absolute Gasteiger partial charge is 0.264 e. The molecule has 2 atom stereocenters. The van der Waals surface area contributed by atoms with Crippen molar-refractivity contribution >= 4 is 49.7 Å². The molecule has 0 aliphatic heterocycles. The molecule has 2 heterocycles. The second-order valence-corrected chi connectivity index (χ2v) is 12.5. The van der Waals surface area contributed by atoms with Crippen LogP contribution in [0.4, 0.5) is 4.39 Å². The number of thiophene rings is 1. The van der Waals surface area contributed by atoms with Gasteiger partial charge in [-0.3, -0.25) is 9.35 Å². The van der Waals surface area contributed by atoms with Crippen molar-refractivity contribution in [3.63, 3.8) is 0 Å². The third-order valence-corrected chi connectivity index (χ3v) is 8.87. The number of carbonyl (C=O) groups excluding carboxylic acids is 1. The van der Waals surface area contributed by atoms with E-state index in [9.17, 15) is 17.6 Å². The van der Waals surface area contributed by atoms with E-state index in [0.717, 1.165) is 39.8 Å². The van der Waals surface area contributed by atoms with Crippen molar-refractivity contribution in [2.45, 2.75) is 51.4 Å². The molecule has 5 nitrogen and oxygen atoms in total. The van der Waals surface area contributed by atoms with Crippen molar-refractivity contribution < 1.29 is 22.2 Å². The van der Waals surface area contributed by atoms with Gasteiger partial charge < -0.3 is 4.98 Å². The van der Waals surface area contributed by atoms with E-state index in [0.29, 0.717) is 15.4 Å². The number of aromatic nitrogens is 1. The van der Waals surface area contributed by atoms with Gasteiger partial charge in [0.15, 0.2) is 5.78 Å². The van der Waals surface area contributed by atoms with E-state index >= 15 is 0 Å². The van der Waals surface area contributed by atoms with E-state index in [1.807, 2.05) is 49.5 Å². The molecule has 0 aliphatic carbocycles. The topological polar surface area (TPSA) is 87.2 Å². The van der Waals surface area contributed by atoms with E-state index in [-0.39, 0.29) is 36.3 Å². The Morgan fingerprint density at radius 2 is 1.89 bits per heavy atom. The minimum atomic E-state index is -4.10. The van der Waals surface area contributed by atoms with Gasteiger partial charge in [-0.25, -0.2) is 4.39 Å². The lowest BCUT2D eigenvalue weighted by Gasteiger charge is -2.27. The standard InChI is InChI=1S/C28H29ClFNO4S2/c1-3-5-20(25-11-12-26(36-25)24(32)6-4-13-37(33,34)35)27(18-7-9-19(29)10-8-18)22-16-31-28-21(22)14-17(2)15-23(28)30/h7-12,14-16,20,27,31H,3-6,13H2,1-2H3,(H,33,34,35)/t20-,27+/m1/s1. The summed E-state index contributed by atoms with van der Waals surface area (Å²) in [7, 11) is -4.10. The van der Waals surface area contributed by atoms with Crippen LogP contribution in [-0.2, 0) is 10.1 Å². The third-order valence-electron chi connectivity index (χ3n) is 6.56. The summed E-state index contributed by atoms with van der Waals surface area (Å²) in [5, 5.41) is 1.46. The number of benzene rings is 2. The van der Waals surface area contributed by atoms with Crippen molar-refractivity contribution in [1.29, 1.82) is 0 Å². The maximum Gasteiger partial charge on any atom is 0.264 e. The monoisotopic (exact) mass is 561 g/mol. The van der Waals surface area contributed by atoms with Crippen molar-refractivity contribution in [2.24, 2.45) is 0 Å². The molecule has 4 aromatic rings. The summed E-state index contributed by atoms with van der Waals surface area (Å²) < 4.78 is 45.7. The summed E-state index contributed by atoms with van der Waals surface area (Å²) in [6, 6.07) is 15.0. The fourth-order valence-electron chi connectivity index (χ4n) is 4.92. The van der Waals surface area contributed by atoms with Crippen molar-refractivity contribution in [3.05, 3.63) is 92.0 Å². The molecule has 0 saturated carbocycles. The summed E-state index contributed by atoms with van der Waals surface area (Å²) >= 11 is 7.61. The number of hydrogen-bond acceptors (Lipinski definition) is 4. The van der Waals surface area contributed by atoms with Crippen molar-refractivity contribution in [1.82, 2.24) is 4.98 Å². The van der Waals surface area contributed by atoms with Gasteiger partial charge in [0.2, 0.25) is 0 Å². The SMILES string of the molecule is CCC[C@H](c1ccc(C(=O)CCCS(=O)(=O)O)s1)[C@H](c1ccc(Cl)cc1)c1c[nH]c2c(F)cc(C)cc12. The minimum Gasteiger partial charge on any atom is -0.358 e. The van der Waals surface area contributed by atoms with Gasteiger partial charge in [-0.1, -0.05) is 37.1 Å². The molecule has 0 unspecified atom stereocenters. The molecule has 0 aliphatic rings. The number of H-pyrrole nitrogens is 1. The van der Waals surface area contributed by atoms with Gasteiger partial charge in [0.1, 0.15) is 5.82 Å². The molecule has 0 saturated heterocycles. The van der Waals surface area contributed by atoms with Crippen LogP contribution in [0.1, 0.15) is 75.7 Å². The first kappa shape index (κ1) is 27.5. The number of fused-ring (bicyclic) bond motifs is 1. The number of halogens is 2. The first-order valence-electron chi connectivity index (χ1n) is 12.2. The van der Waals surface area contributed by atoms with E-state index in [1.54, 1.807) is 6.07 Å². The zero-order valence-corrected chi connectivity index (χ0v) is 23.0. The second kappa shape index (κ2) is 11.5. The van der Waals surface area contributed by atoms with Gasteiger partial charge in [0.25, 0.3) is 10.1 Å². The molecule has 2 aromatic carbocycles. The molecule has 0 bridgehead atoms. The molecule has 0 spiro atoms. The predicted octanol–water partition coefficient (Wildman–Crippen LogP) is 7.90. The van der Waals surface area contributed by atoms with Gasteiger partial charge in [0, 0.05) is 39.7 Å². The molecule has 0 amide bonds. The molecule has 4 rings (SSSR count). The maximum atomic E-state index is 14.8. The highest BCUT2D eigenvalue weighted by molar-refractivity contribution is 7.85. The van der Waals surface area contributed by atoms with Crippen LogP contribution in [0.25, 0.3) is 10.9 Å². The first-order chi connectivity index (χ1) is 17.6. The van der Waals surface area contributed by atoms with Gasteiger partial charge in [-0.05, 0) is 72.9 Å². The summed E-state index contributed by atoms with van der Waals surface area (Å²) in [5.74, 6) is -0.989. The molecule has 2 aromatic heterocycles. The Hall–Kier alpha value is -2.52. The minimum absolute atomic E-state index is 0.0121. The fourth-order valence-corrected chi connectivity index (χ4v) is 6.71. The van der Waals surface area contributed by atoms with Crippen LogP contribution in [0.2, 0.25) is 5.02 Å². The van der Waals surface area contributed by atoms with Crippen LogP contribution in [-0.4, -0.2) is 29.5 Å². The molecule has 9 heteroatoms. The first-order valence-corrected chi connectivity index (χ1v) is 15.0. The quantitative estimate of drug-likeness (QED) is 0.144. The average Bonchev–Trinajstić information content (AvgIpc) is 3.47. The molecule has 0 radical (unpaired) electrons. The average molecular weight is 562 g/mol. The molecular weight excluding hydrogens is 533 g/mol. The lowest BCUT2D eigenvalue weighted by atomic mass is 9.77. The van der Waals surface area contributed by atoms with Gasteiger partial charge in [-0.2, -0.15) is 8.42 Å². The number of hydrogen-bond donors (Lipinski definition) is 2. The number of nitrogens with one attached hydrogen (secondary N) is 1. The normalized spacial score (nSPS) is 13.6. The zero-order valence-electron chi connectivity index (χ0n) is 20.6. The van der Waals surface area contributed by atoms with Crippen LogP contribution < -0.4 is 0 Å². The van der Waals surface area contributed by atoms with Crippen LogP contribution >= 0.6 is 22.9 Å². The summed E-state index contributed by atoms with van der Waals surface area (Å²) in [5.41, 5.74) is 3.32. The highest BCUT2D eigenvalue weighted by Crippen LogP contribution is 2.46. The van der Waals surface area contributed by atoms with E-state index < -0.39 is 15.9 Å². The zero-order chi connectivity index (χ0) is 26.7. The summed E-state index contributed by atoms with van der Waals surface area (Å²) in [6.45, 7) is 3.99. The molecule has 0 fully saturated rings. The second-order valence-electron chi connectivity index (χ2n) is 9.35. The van der Waals surface area contributed by atoms with Gasteiger partial charge in [-0.15, -0.1) is 11.3 Å². The number of aromatic amines is 1. The fraction of sp³-hybridized carbons (Fsp3) is 0.321. The van der Waals surface area contributed by atoms with Crippen LogP contribution in [0.3, 0.4) is 0 Å². The summed E-state index contributed by atoms with van der Waals surface area (Å²) in [6.07, 6.45) is 3.73. The van der Waals surface area contributed by atoms with Crippen LogP contribution in [0.5, 0.6) is 0 Å². The predicted molar refractivity (Wildman–Crippen MR) is 148 cm³/mol. The number of rotatable bonds is 11. The number of ketones is 1. The lowest BCUT2D eigenvalue weighted by molar-refractivity contribution is 0.0986. The van der Waals surface area contributed by atoms with Gasteiger partial charge in [0.05, 0.1) is 16.1 Å². The Morgan fingerprint density at radius 1 is 1.16 bits per heavy atom. The Morgan fingerprint density at radius 3 is 2.57 bits per heavy atom. The lowest BCUT2D eigenvalue weighted by Crippen LogP contribution is -2.12. The Bertz CT molecular complexity index is 1510.